The van der Waals surface area contributed by atoms with Gasteiger partial charge in [0.2, 0.25) is 5.82 Å². The summed E-state index contributed by atoms with van der Waals surface area (Å²) < 4.78 is 0. The SMILES string of the molecule is [C-]#[N+]c1cnc(C(=O)Nc2ccc(C(=O)N[C@H](CCC(=O)O)C(=O)O)cc2C2=CCC(C)(C)CC2)[nH]1. The van der Waals surface area contributed by atoms with Gasteiger partial charge in [0.05, 0.1) is 6.20 Å². The van der Waals surface area contributed by atoms with E-state index < -0.39 is 36.2 Å². The molecule has 0 unspecified atom stereocenters. The number of H-pyrrole nitrogens is 1. The van der Waals surface area contributed by atoms with Gasteiger partial charge in [0.15, 0.2) is 0 Å². The first-order valence-electron chi connectivity index (χ1n) is 11.3. The van der Waals surface area contributed by atoms with E-state index in [9.17, 15) is 24.3 Å². The lowest BCUT2D eigenvalue weighted by atomic mass is 9.76. The third kappa shape index (κ3) is 6.56. The Bertz CT molecular complexity index is 1270. The van der Waals surface area contributed by atoms with E-state index in [1.165, 1.54) is 12.3 Å². The van der Waals surface area contributed by atoms with Gasteiger partial charge in [-0.3, -0.25) is 19.4 Å². The van der Waals surface area contributed by atoms with E-state index in [-0.39, 0.29) is 29.0 Å². The van der Waals surface area contributed by atoms with Crippen molar-refractivity contribution in [3.8, 4) is 0 Å². The molecule has 1 aromatic carbocycles. The zero-order valence-corrected chi connectivity index (χ0v) is 19.9. The number of nitrogens with zero attached hydrogens (tertiary/aromatic N) is 2. The van der Waals surface area contributed by atoms with Crippen LogP contribution in [0.4, 0.5) is 11.5 Å². The van der Waals surface area contributed by atoms with Gasteiger partial charge in [-0.25, -0.2) is 9.78 Å². The first kappa shape index (κ1) is 26.2. The number of anilines is 1. The molecule has 11 heteroatoms. The molecule has 1 aromatic heterocycles. The van der Waals surface area contributed by atoms with Gasteiger partial charge in [-0.05, 0) is 54.9 Å². The average molecular weight is 494 g/mol. The zero-order chi connectivity index (χ0) is 26.5. The Kier molecular flexibility index (Phi) is 7.89. The van der Waals surface area contributed by atoms with Crippen LogP contribution in [0.5, 0.6) is 0 Å². The van der Waals surface area contributed by atoms with Crippen molar-refractivity contribution in [3.63, 3.8) is 0 Å². The van der Waals surface area contributed by atoms with E-state index in [2.05, 4.69) is 45.4 Å². The summed E-state index contributed by atoms with van der Waals surface area (Å²) in [5.41, 5.74) is 2.26. The van der Waals surface area contributed by atoms with Gasteiger partial charge < -0.3 is 25.7 Å². The van der Waals surface area contributed by atoms with E-state index in [4.69, 9.17) is 11.7 Å². The van der Waals surface area contributed by atoms with Crippen LogP contribution in [-0.4, -0.2) is 50.0 Å². The number of imidazole rings is 1. The van der Waals surface area contributed by atoms with E-state index in [0.29, 0.717) is 17.7 Å². The number of allylic oxidation sites excluding steroid dienone is 2. The number of nitrogens with one attached hydrogen (secondary N) is 3. The quantitative estimate of drug-likeness (QED) is 0.331. The zero-order valence-electron chi connectivity index (χ0n) is 19.9. The molecule has 0 saturated carbocycles. The molecule has 5 N–H and O–H groups in total. The number of hydrogen-bond donors (Lipinski definition) is 5. The number of benzene rings is 1. The number of aliphatic carboxylic acids is 2. The Morgan fingerprint density at radius 1 is 1.22 bits per heavy atom. The number of hydrogen-bond acceptors (Lipinski definition) is 5. The number of aromatic nitrogens is 2. The van der Waals surface area contributed by atoms with Gasteiger partial charge in [-0.2, -0.15) is 0 Å². The number of aromatic amines is 1. The minimum atomic E-state index is -1.36. The fourth-order valence-electron chi connectivity index (χ4n) is 3.81. The molecule has 0 aliphatic heterocycles. The summed E-state index contributed by atoms with van der Waals surface area (Å²) in [6.45, 7) is 11.3. The molecule has 2 aromatic rings. The van der Waals surface area contributed by atoms with Crippen LogP contribution in [0.1, 0.15) is 72.5 Å². The molecule has 11 nitrogen and oxygen atoms in total. The van der Waals surface area contributed by atoms with Gasteiger partial charge in [0.1, 0.15) is 6.04 Å². The first-order valence-corrected chi connectivity index (χ1v) is 11.3. The molecule has 0 spiro atoms. The summed E-state index contributed by atoms with van der Waals surface area (Å²) in [5, 5.41) is 23.4. The molecule has 1 aliphatic rings. The van der Waals surface area contributed by atoms with Crippen molar-refractivity contribution >= 4 is 40.8 Å². The monoisotopic (exact) mass is 493 g/mol. The minimum Gasteiger partial charge on any atom is -0.481 e. The Balaban J connectivity index is 1.91. The second-order valence-corrected chi connectivity index (χ2v) is 9.34. The van der Waals surface area contributed by atoms with E-state index in [0.717, 1.165) is 18.4 Å². The number of rotatable bonds is 9. The minimum absolute atomic E-state index is 0.0322. The van der Waals surface area contributed by atoms with E-state index >= 15 is 0 Å². The lowest BCUT2D eigenvalue weighted by Gasteiger charge is -2.29. The molecule has 1 atom stereocenters. The molecule has 2 amide bonds. The molecule has 0 radical (unpaired) electrons. The van der Waals surface area contributed by atoms with Gasteiger partial charge in [0.25, 0.3) is 11.7 Å². The number of amides is 2. The second kappa shape index (κ2) is 10.9. The third-order valence-electron chi connectivity index (χ3n) is 6.00. The summed E-state index contributed by atoms with van der Waals surface area (Å²) in [4.78, 5) is 57.6. The highest BCUT2D eigenvalue weighted by atomic mass is 16.4. The van der Waals surface area contributed by atoms with Crippen molar-refractivity contribution in [2.45, 2.75) is 52.0 Å². The van der Waals surface area contributed by atoms with Crippen molar-refractivity contribution < 1.29 is 29.4 Å². The van der Waals surface area contributed by atoms with Crippen LogP contribution in [0, 0.1) is 12.0 Å². The number of carboxylic acid groups (broad SMARTS) is 2. The number of carbonyl (C=O) groups is 4. The van der Waals surface area contributed by atoms with Crippen LogP contribution >= 0.6 is 0 Å². The number of carboxylic acids is 2. The summed E-state index contributed by atoms with van der Waals surface area (Å²) in [6.07, 6.45) is 5.06. The van der Waals surface area contributed by atoms with Crippen LogP contribution in [0.3, 0.4) is 0 Å². The fraction of sp³-hybridized carbons (Fsp3) is 0.360. The van der Waals surface area contributed by atoms with Gasteiger partial charge in [-0.15, -0.1) is 0 Å². The Morgan fingerprint density at radius 3 is 2.56 bits per heavy atom. The van der Waals surface area contributed by atoms with Crippen molar-refractivity contribution in [2.75, 3.05) is 5.32 Å². The smallest absolute Gasteiger partial charge is 0.326 e. The lowest BCUT2D eigenvalue weighted by Crippen LogP contribution is -2.41. The summed E-state index contributed by atoms with van der Waals surface area (Å²) in [6, 6.07) is 3.22. The predicted molar refractivity (Wildman–Crippen MR) is 131 cm³/mol. The standard InChI is InChI=1S/C25H27N5O6/c1-25(2)10-8-14(9-11-25)16-12-15(22(33)29-18(24(35)36)6-7-20(31)32)4-5-17(16)28-23(34)21-27-13-19(26-3)30-21/h4-5,8,12-13,18H,6-7,9-11H2,1-2H3,(H,27,30)(H,28,34)(H,29,33)(H,31,32)(H,35,36)/t18-/m1/s1. The highest BCUT2D eigenvalue weighted by molar-refractivity contribution is 6.05. The summed E-state index contributed by atoms with van der Waals surface area (Å²) in [5.74, 6) is -3.62. The molecule has 3 rings (SSSR count). The Labute approximate surface area is 207 Å². The topological polar surface area (TPSA) is 166 Å². The Hall–Kier alpha value is -4.46. The van der Waals surface area contributed by atoms with Crippen molar-refractivity contribution in [1.29, 1.82) is 0 Å². The molecular formula is C25H27N5O6. The Morgan fingerprint density at radius 2 is 1.97 bits per heavy atom. The molecule has 0 bridgehead atoms. The second-order valence-electron chi connectivity index (χ2n) is 9.34. The van der Waals surface area contributed by atoms with Crippen molar-refractivity contribution in [3.05, 3.63) is 58.8 Å². The highest BCUT2D eigenvalue weighted by Gasteiger charge is 2.26. The van der Waals surface area contributed by atoms with Crippen LogP contribution in [-0.2, 0) is 9.59 Å². The molecule has 1 aliphatic carbocycles. The highest BCUT2D eigenvalue weighted by Crippen LogP contribution is 2.40. The third-order valence-corrected chi connectivity index (χ3v) is 6.00. The maximum atomic E-state index is 12.9. The maximum Gasteiger partial charge on any atom is 0.326 e. The number of carbonyl (C=O) groups excluding carboxylic acids is 2. The normalized spacial score (nSPS) is 15.2. The van der Waals surface area contributed by atoms with Gasteiger partial charge in [-0.1, -0.05) is 26.5 Å². The molecular weight excluding hydrogens is 466 g/mol. The first-order chi connectivity index (χ1) is 17.0. The molecule has 36 heavy (non-hydrogen) atoms. The van der Waals surface area contributed by atoms with E-state index in [1.54, 1.807) is 12.1 Å². The van der Waals surface area contributed by atoms with Crippen LogP contribution in [0.25, 0.3) is 10.4 Å². The average Bonchev–Trinajstić information content (AvgIpc) is 3.31. The van der Waals surface area contributed by atoms with Gasteiger partial charge >= 0.3 is 17.8 Å². The van der Waals surface area contributed by atoms with Crippen molar-refractivity contribution in [1.82, 2.24) is 15.3 Å². The van der Waals surface area contributed by atoms with Crippen LogP contribution in [0.15, 0.2) is 30.5 Å². The van der Waals surface area contributed by atoms with Gasteiger partial charge in [0, 0.05) is 23.2 Å². The van der Waals surface area contributed by atoms with Crippen LogP contribution in [0.2, 0.25) is 0 Å². The predicted octanol–water partition coefficient (Wildman–Crippen LogP) is 3.85. The van der Waals surface area contributed by atoms with E-state index in [1.807, 2.05) is 0 Å². The summed E-state index contributed by atoms with van der Waals surface area (Å²) in [7, 11) is 0. The fourth-order valence-corrected chi connectivity index (χ4v) is 3.81. The molecule has 188 valence electrons. The largest absolute Gasteiger partial charge is 0.481 e. The molecule has 1 heterocycles. The van der Waals surface area contributed by atoms with Crippen molar-refractivity contribution in [2.24, 2.45) is 5.41 Å². The summed E-state index contributed by atoms with van der Waals surface area (Å²) >= 11 is 0. The molecule has 0 fully saturated rings. The molecule has 0 saturated heterocycles. The van der Waals surface area contributed by atoms with Crippen LogP contribution < -0.4 is 10.6 Å². The maximum absolute atomic E-state index is 12.9. The lowest BCUT2D eigenvalue weighted by molar-refractivity contribution is -0.140.